The van der Waals surface area contributed by atoms with Crippen molar-refractivity contribution in [1.82, 2.24) is 15.8 Å². The Labute approximate surface area is 137 Å². The maximum atomic E-state index is 12.3. The van der Waals surface area contributed by atoms with Gasteiger partial charge in [-0.05, 0) is 18.9 Å². The minimum absolute atomic E-state index is 0.0223. The number of benzene rings is 1. The van der Waals surface area contributed by atoms with E-state index in [1.807, 2.05) is 6.07 Å². The van der Waals surface area contributed by atoms with Crippen LogP contribution in [0, 0.1) is 6.92 Å². The number of urea groups is 1. The fourth-order valence-electron chi connectivity index (χ4n) is 2.67. The van der Waals surface area contributed by atoms with Crippen molar-refractivity contribution in [1.29, 1.82) is 0 Å². The first kappa shape index (κ1) is 15.7. The van der Waals surface area contributed by atoms with Crippen LogP contribution in [0.25, 0.3) is 0 Å². The number of hydrogen-bond donors (Lipinski definition) is 3. The third-order valence-corrected chi connectivity index (χ3v) is 3.83. The molecule has 0 saturated carbocycles. The number of nitrogens with zero attached hydrogens (tertiary/aromatic N) is 1. The highest BCUT2D eigenvalue weighted by atomic mass is 16.5. The molecule has 0 radical (unpaired) electrons. The number of carbonyl (C=O) groups is 3. The van der Waals surface area contributed by atoms with Crippen molar-refractivity contribution in [3.8, 4) is 0 Å². The first-order valence-corrected chi connectivity index (χ1v) is 7.42. The van der Waals surface area contributed by atoms with Gasteiger partial charge in [-0.3, -0.25) is 14.9 Å². The van der Waals surface area contributed by atoms with Gasteiger partial charge in [0.2, 0.25) is 5.91 Å². The first-order chi connectivity index (χ1) is 11.5. The zero-order chi connectivity index (χ0) is 17.2. The minimum Gasteiger partial charge on any atom is -0.360 e. The standard InChI is InChI=1S/C16H16N4O4/c1-10-9-12(20-24-10)17-13(21)7-8-16(11-5-3-2-4-6-11)14(22)18-15(23)19-16/h2-6,9H,7-8H2,1H3,(H,17,20,21)(H2,18,19,22,23). The zero-order valence-corrected chi connectivity index (χ0v) is 13.0. The lowest BCUT2D eigenvalue weighted by Crippen LogP contribution is -2.44. The normalized spacial score (nSPS) is 19.7. The number of nitrogens with one attached hydrogen (secondary N) is 3. The van der Waals surface area contributed by atoms with E-state index in [9.17, 15) is 14.4 Å². The van der Waals surface area contributed by atoms with Crippen molar-refractivity contribution >= 4 is 23.7 Å². The summed E-state index contributed by atoms with van der Waals surface area (Å²) in [7, 11) is 0. The molecule has 2 aromatic rings. The van der Waals surface area contributed by atoms with Crippen LogP contribution >= 0.6 is 0 Å². The highest BCUT2D eigenvalue weighted by Crippen LogP contribution is 2.30. The second-order valence-corrected chi connectivity index (χ2v) is 5.55. The lowest BCUT2D eigenvalue weighted by Gasteiger charge is -2.26. The van der Waals surface area contributed by atoms with E-state index in [2.05, 4.69) is 21.1 Å². The van der Waals surface area contributed by atoms with E-state index in [0.29, 0.717) is 17.1 Å². The highest BCUT2D eigenvalue weighted by molar-refractivity contribution is 6.07. The SMILES string of the molecule is Cc1cc(NC(=O)CCC2(c3ccccc3)NC(=O)NC2=O)no1. The molecule has 1 aliphatic heterocycles. The van der Waals surface area contributed by atoms with Gasteiger partial charge in [0.25, 0.3) is 5.91 Å². The fraction of sp³-hybridized carbons (Fsp3) is 0.250. The highest BCUT2D eigenvalue weighted by Gasteiger charge is 2.47. The molecule has 8 heteroatoms. The molecule has 2 heterocycles. The van der Waals surface area contributed by atoms with Crippen LogP contribution in [0.15, 0.2) is 40.9 Å². The molecule has 8 nitrogen and oxygen atoms in total. The van der Waals surface area contributed by atoms with Gasteiger partial charge >= 0.3 is 6.03 Å². The van der Waals surface area contributed by atoms with Crippen LogP contribution in [-0.4, -0.2) is 23.0 Å². The van der Waals surface area contributed by atoms with Crippen LogP contribution in [0.4, 0.5) is 10.6 Å². The molecule has 124 valence electrons. The molecule has 3 rings (SSSR count). The Balaban J connectivity index is 1.75. The number of anilines is 1. The number of imide groups is 1. The van der Waals surface area contributed by atoms with Gasteiger partial charge < -0.3 is 15.2 Å². The van der Waals surface area contributed by atoms with Gasteiger partial charge in [0, 0.05) is 12.5 Å². The van der Waals surface area contributed by atoms with E-state index in [1.165, 1.54) is 0 Å². The zero-order valence-electron chi connectivity index (χ0n) is 13.0. The van der Waals surface area contributed by atoms with Gasteiger partial charge in [-0.1, -0.05) is 35.5 Å². The summed E-state index contributed by atoms with van der Waals surface area (Å²) in [6, 6.07) is 9.85. The molecule has 0 spiro atoms. The van der Waals surface area contributed by atoms with Crippen molar-refractivity contribution in [3.05, 3.63) is 47.7 Å². The summed E-state index contributed by atoms with van der Waals surface area (Å²) in [6.45, 7) is 1.71. The van der Waals surface area contributed by atoms with Crippen LogP contribution in [0.5, 0.6) is 0 Å². The van der Waals surface area contributed by atoms with Gasteiger partial charge in [0.15, 0.2) is 5.82 Å². The molecular weight excluding hydrogens is 312 g/mol. The topological polar surface area (TPSA) is 113 Å². The maximum absolute atomic E-state index is 12.3. The summed E-state index contributed by atoms with van der Waals surface area (Å²) in [4.78, 5) is 36.0. The summed E-state index contributed by atoms with van der Waals surface area (Å²) >= 11 is 0. The number of amides is 4. The Hall–Kier alpha value is -3.16. The van der Waals surface area contributed by atoms with Gasteiger partial charge in [-0.2, -0.15) is 0 Å². The van der Waals surface area contributed by atoms with Gasteiger partial charge in [0.05, 0.1) is 0 Å². The third kappa shape index (κ3) is 2.98. The van der Waals surface area contributed by atoms with E-state index in [0.717, 1.165) is 0 Å². The lowest BCUT2D eigenvalue weighted by atomic mass is 9.85. The quantitative estimate of drug-likeness (QED) is 0.719. The molecule has 0 aliphatic carbocycles. The predicted octanol–water partition coefficient (Wildman–Crippen LogP) is 1.44. The van der Waals surface area contributed by atoms with E-state index < -0.39 is 17.5 Å². The number of hydrogen-bond acceptors (Lipinski definition) is 5. The molecule has 24 heavy (non-hydrogen) atoms. The summed E-state index contributed by atoms with van der Waals surface area (Å²) in [5.41, 5.74) is -0.631. The lowest BCUT2D eigenvalue weighted by molar-refractivity contribution is -0.125. The number of rotatable bonds is 5. The third-order valence-electron chi connectivity index (χ3n) is 3.83. The van der Waals surface area contributed by atoms with E-state index >= 15 is 0 Å². The van der Waals surface area contributed by atoms with E-state index in [4.69, 9.17) is 4.52 Å². The Morgan fingerprint density at radius 1 is 1.29 bits per heavy atom. The van der Waals surface area contributed by atoms with Crippen molar-refractivity contribution in [2.75, 3.05) is 5.32 Å². The van der Waals surface area contributed by atoms with Crippen molar-refractivity contribution in [2.24, 2.45) is 0 Å². The summed E-state index contributed by atoms with van der Waals surface area (Å²) in [6.07, 6.45) is 0.145. The summed E-state index contributed by atoms with van der Waals surface area (Å²) < 4.78 is 4.88. The van der Waals surface area contributed by atoms with E-state index in [-0.39, 0.29) is 18.7 Å². The molecule has 1 aromatic heterocycles. The van der Waals surface area contributed by atoms with Gasteiger partial charge in [-0.15, -0.1) is 0 Å². The summed E-state index contributed by atoms with van der Waals surface area (Å²) in [5.74, 6) is 0.0935. The monoisotopic (exact) mass is 328 g/mol. The largest absolute Gasteiger partial charge is 0.360 e. The van der Waals surface area contributed by atoms with E-state index in [1.54, 1.807) is 37.3 Å². The smallest absolute Gasteiger partial charge is 0.322 e. The van der Waals surface area contributed by atoms with Crippen LogP contribution in [0.2, 0.25) is 0 Å². The molecule has 1 atom stereocenters. The van der Waals surface area contributed by atoms with Crippen LogP contribution in [0.1, 0.15) is 24.2 Å². The molecule has 1 aromatic carbocycles. The Kier molecular flexibility index (Phi) is 4.03. The Bertz CT molecular complexity index is 786. The average Bonchev–Trinajstić information content (AvgIpc) is 3.09. The van der Waals surface area contributed by atoms with Crippen LogP contribution < -0.4 is 16.0 Å². The number of aryl methyl sites for hydroxylation is 1. The van der Waals surface area contributed by atoms with Crippen LogP contribution in [-0.2, 0) is 15.1 Å². The van der Waals surface area contributed by atoms with Gasteiger partial charge in [-0.25, -0.2) is 4.79 Å². The molecule has 3 N–H and O–H groups in total. The molecule has 1 aliphatic rings. The van der Waals surface area contributed by atoms with Crippen molar-refractivity contribution in [3.63, 3.8) is 0 Å². The molecule has 4 amide bonds. The predicted molar refractivity (Wildman–Crippen MR) is 83.9 cm³/mol. The fourth-order valence-corrected chi connectivity index (χ4v) is 2.67. The molecule has 1 fully saturated rings. The Morgan fingerprint density at radius 3 is 2.62 bits per heavy atom. The second kappa shape index (κ2) is 6.15. The second-order valence-electron chi connectivity index (χ2n) is 5.55. The minimum atomic E-state index is -1.25. The molecule has 1 saturated heterocycles. The molecular formula is C16H16N4O4. The van der Waals surface area contributed by atoms with Crippen molar-refractivity contribution in [2.45, 2.75) is 25.3 Å². The first-order valence-electron chi connectivity index (χ1n) is 7.42. The summed E-state index contributed by atoms with van der Waals surface area (Å²) in [5, 5.41) is 11.2. The Morgan fingerprint density at radius 2 is 2.04 bits per heavy atom. The maximum Gasteiger partial charge on any atom is 0.322 e. The van der Waals surface area contributed by atoms with Crippen LogP contribution in [0.3, 0.4) is 0 Å². The molecule has 1 unspecified atom stereocenters. The average molecular weight is 328 g/mol. The van der Waals surface area contributed by atoms with Crippen molar-refractivity contribution < 1.29 is 18.9 Å². The number of carbonyl (C=O) groups excluding carboxylic acids is 3. The number of aromatic nitrogens is 1. The van der Waals surface area contributed by atoms with Gasteiger partial charge in [0.1, 0.15) is 11.3 Å². The molecule has 0 bridgehead atoms.